The van der Waals surface area contributed by atoms with Crippen molar-refractivity contribution in [2.45, 2.75) is 31.7 Å². The van der Waals surface area contributed by atoms with Crippen LogP contribution in [0.15, 0.2) is 53.4 Å². The molecule has 0 bridgehead atoms. The van der Waals surface area contributed by atoms with Crippen molar-refractivity contribution in [3.63, 3.8) is 0 Å². The minimum absolute atomic E-state index is 0.00551. The molecule has 0 spiro atoms. The van der Waals surface area contributed by atoms with E-state index in [9.17, 15) is 13.2 Å². The van der Waals surface area contributed by atoms with Crippen LogP contribution in [-0.4, -0.2) is 26.1 Å². The van der Waals surface area contributed by atoms with Crippen LogP contribution >= 0.6 is 0 Å². The Bertz CT molecular complexity index is 861. The zero-order valence-corrected chi connectivity index (χ0v) is 15.9. The summed E-state index contributed by atoms with van der Waals surface area (Å²) in [6.45, 7) is 5.34. The summed E-state index contributed by atoms with van der Waals surface area (Å²) in [6, 6.07) is 12.6. The Morgan fingerprint density at radius 2 is 1.73 bits per heavy atom. The number of hydrogen-bond donors (Lipinski definition) is 2. The van der Waals surface area contributed by atoms with E-state index in [1.807, 2.05) is 13.8 Å². The van der Waals surface area contributed by atoms with Crippen molar-refractivity contribution in [1.29, 1.82) is 0 Å². The first-order valence-corrected chi connectivity index (χ1v) is 10.1. The molecule has 2 rings (SSSR count). The SMILES string of the molecule is CCS(=O)(=O)c1ccccc1Oc1ccc(NC(=O)[C@@H](N)C(C)C)cc1. The Balaban J connectivity index is 2.15. The summed E-state index contributed by atoms with van der Waals surface area (Å²) in [5.74, 6) is 0.514. The van der Waals surface area contributed by atoms with Gasteiger partial charge in [-0.05, 0) is 42.3 Å². The third-order valence-electron chi connectivity index (χ3n) is 3.93. The lowest BCUT2D eigenvalue weighted by molar-refractivity contribution is -0.118. The minimum Gasteiger partial charge on any atom is -0.456 e. The molecule has 0 saturated carbocycles. The van der Waals surface area contributed by atoms with Crippen molar-refractivity contribution in [3.05, 3.63) is 48.5 Å². The monoisotopic (exact) mass is 376 g/mol. The van der Waals surface area contributed by atoms with E-state index >= 15 is 0 Å². The lowest BCUT2D eigenvalue weighted by Gasteiger charge is -2.15. The third-order valence-corrected chi connectivity index (χ3v) is 5.70. The maximum absolute atomic E-state index is 12.2. The summed E-state index contributed by atoms with van der Waals surface area (Å²) >= 11 is 0. The standard InChI is InChI=1S/C19H24N2O4S/c1-4-26(23,24)17-8-6-5-7-16(17)25-15-11-9-14(10-12-15)21-19(22)18(20)13(2)3/h5-13,18H,4,20H2,1-3H3,(H,21,22)/t18-/m0/s1. The predicted molar refractivity (Wildman–Crippen MR) is 102 cm³/mol. The molecule has 0 aromatic heterocycles. The first-order chi connectivity index (χ1) is 12.2. The number of hydrogen-bond acceptors (Lipinski definition) is 5. The summed E-state index contributed by atoms with van der Waals surface area (Å²) in [7, 11) is -3.39. The van der Waals surface area contributed by atoms with E-state index < -0.39 is 15.9 Å². The lowest BCUT2D eigenvalue weighted by Crippen LogP contribution is -2.39. The molecule has 7 heteroatoms. The molecule has 0 unspecified atom stereocenters. The quantitative estimate of drug-likeness (QED) is 0.773. The van der Waals surface area contributed by atoms with E-state index in [-0.39, 0.29) is 28.2 Å². The zero-order valence-electron chi connectivity index (χ0n) is 15.1. The Kier molecular flexibility index (Phi) is 6.39. The zero-order chi connectivity index (χ0) is 19.3. The van der Waals surface area contributed by atoms with Crippen LogP contribution in [-0.2, 0) is 14.6 Å². The van der Waals surface area contributed by atoms with Crippen molar-refractivity contribution in [3.8, 4) is 11.5 Å². The first-order valence-electron chi connectivity index (χ1n) is 8.40. The number of para-hydroxylation sites is 1. The molecule has 1 amide bonds. The molecule has 0 aliphatic rings. The van der Waals surface area contributed by atoms with Gasteiger partial charge in [0.05, 0.1) is 11.8 Å². The Morgan fingerprint density at radius 1 is 1.12 bits per heavy atom. The molecular formula is C19H24N2O4S. The van der Waals surface area contributed by atoms with Gasteiger partial charge in [0.25, 0.3) is 0 Å². The smallest absolute Gasteiger partial charge is 0.241 e. The van der Waals surface area contributed by atoms with Crippen LogP contribution in [0.1, 0.15) is 20.8 Å². The number of nitrogens with one attached hydrogen (secondary N) is 1. The Morgan fingerprint density at radius 3 is 2.31 bits per heavy atom. The Labute approximate surface area is 154 Å². The van der Waals surface area contributed by atoms with Crippen LogP contribution in [0.3, 0.4) is 0 Å². The number of amides is 1. The number of ether oxygens (including phenoxy) is 1. The Hall–Kier alpha value is -2.38. The van der Waals surface area contributed by atoms with Crippen molar-refractivity contribution >= 4 is 21.4 Å². The summed E-state index contributed by atoms with van der Waals surface area (Å²) in [5, 5.41) is 2.74. The van der Waals surface area contributed by atoms with E-state index in [1.54, 1.807) is 49.4 Å². The number of sulfone groups is 1. The average molecular weight is 376 g/mol. The van der Waals surface area contributed by atoms with Gasteiger partial charge in [-0.25, -0.2) is 8.42 Å². The van der Waals surface area contributed by atoms with Crippen LogP contribution in [0.2, 0.25) is 0 Å². The fourth-order valence-corrected chi connectivity index (χ4v) is 3.22. The second-order valence-corrected chi connectivity index (χ2v) is 8.48. The second-order valence-electron chi connectivity index (χ2n) is 6.24. The average Bonchev–Trinajstić information content (AvgIpc) is 2.62. The molecule has 0 saturated heterocycles. The van der Waals surface area contributed by atoms with Gasteiger partial charge in [0.1, 0.15) is 16.4 Å². The molecule has 0 heterocycles. The van der Waals surface area contributed by atoms with Gasteiger partial charge in [0.15, 0.2) is 9.84 Å². The third kappa shape index (κ3) is 4.83. The summed E-state index contributed by atoms with van der Waals surface area (Å²) in [4.78, 5) is 12.1. The molecular weight excluding hydrogens is 352 g/mol. The van der Waals surface area contributed by atoms with E-state index in [1.165, 1.54) is 6.07 Å². The summed E-state index contributed by atoms with van der Waals surface area (Å²) < 4.78 is 30.1. The minimum atomic E-state index is -3.39. The van der Waals surface area contributed by atoms with Gasteiger partial charge in [0, 0.05) is 5.69 Å². The van der Waals surface area contributed by atoms with Crippen LogP contribution < -0.4 is 15.8 Å². The van der Waals surface area contributed by atoms with Crippen LogP contribution in [0.4, 0.5) is 5.69 Å². The normalized spacial score (nSPS) is 12.7. The van der Waals surface area contributed by atoms with Crippen molar-refractivity contribution < 1.29 is 17.9 Å². The van der Waals surface area contributed by atoms with E-state index in [0.29, 0.717) is 11.4 Å². The maximum Gasteiger partial charge on any atom is 0.241 e. The topological polar surface area (TPSA) is 98.5 Å². The highest BCUT2D eigenvalue weighted by Gasteiger charge is 2.18. The molecule has 2 aromatic carbocycles. The largest absolute Gasteiger partial charge is 0.456 e. The van der Waals surface area contributed by atoms with Crippen molar-refractivity contribution in [2.24, 2.45) is 11.7 Å². The van der Waals surface area contributed by atoms with Crippen LogP contribution in [0.5, 0.6) is 11.5 Å². The van der Waals surface area contributed by atoms with Crippen molar-refractivity contribution in [2.75, 3.05) is 11.1 Å². The van der Waals surface area contributed by atoms with E-state index in [2.05, 4.69) is 5.32 Å². The summed E-state index contributed by atoms with van der Waals surface area (Å²) in [6.07, 6.45) is 0. The van der Waals surface area contributed by atoms with E-state index in [0.717, 1.165) is 0 Å². The molecule has 6 nitrogen and oxygen atoms in total. The molecule has 1 atom stereocenters. The van der Waals surface area contributed by atoms with E-state index in [4.69, 9.17) is 10.5 Å². The molecule has 3 N–H and O–H groups in total. The number of anilines is 1. The molecule has 140 valence electrons. The summed E-state index contributed by atoms with van der Waals surface area (Å²) in [5.41, 5.74) is 6.41. The fraction of sp³-hybridized carbons (Fsp3) is 0.316. The molecule has 0 fully saturated rings. The van der Waals surface area contributed by atoms with Gasteiger partial charge in [-0.15, -0.1) is 0 Å². The first kappa shape index (κ1) is 19.9. The molecule has 0 aliphatic carbocycles. The van der Waals surface area contributed by atoms with Crippen LogP contribution in [0, 0.1) is 5.92 Å². The van der Waals surface area contributed by atoms with Gasteiger partial charge in [-0.1, -0.05) is 32.9 Å². The number of carbonyl (C=O) groups excluding carboxylic acids is 1. The fourth-order valence-electron chi connectivity index (χ4n) is 2.21. The molecule has 0 radical (unpaired) electrons. The van der Waals surface area contributed by atoms with Crippen LogP contribution in [0.25, 0.3) is 0 Å². The van der Waals surface area contributed by atoms with Crippen molar-refractivity contribution in [1.82, 2.24) is 0 Å². The highest BCUT2D eigenvalue weighted by atomic mass is 32.2. The van der Waals surface area contributed by atoms with Gasteiger partial charge in [0.2, 0.25) is 5.91 Å². The predicted octanol–water partition coefficient (Wildman–Crippen LogP) is 3.19. The van der Waals surface area contributed by atoms with Gasteiger partial charge < -0.3 is 15.8 Å². The molecule has 0 aliphatic heterocycles. The number of rotatable bonds is 7. The number of nitrogens with two attached hydrogens (primary N) is 1. The van der Waals surface area contributed by atoms with Gasteiger partial charge in [-0.3, -0.25) is 4.79 Å². The molecule has 26 heavy (non-hydrogen) atoms. The lowest BCUT2D eigenvalue weighted by atomic mass is 10.1. The number of benzene rings is 2. The highest BCUT2D eigenvalue weighted by Crippen LogP contribution is 2.30. The maximum atomic E-state index is 12.2. The van der Waals surface area contributed by atoms with Gasteiger partial charge in [-0.2, -0.15) is 0 Å². The second kappa shape index (κ2) is 8.33. The molecule has 2 aromatic rings. The van der Waals surface area contributed by atoms with Gasteiger partial charge >= 0.3 is 0 Å². The highest BCUT2D eigenvalue weighted by molar-refractivity contribution is 7.91. The number of carbonyl (C=O) groups is 1.